The molecule has 1 saturated carbocycles. The minimum Gasteiger partial charge on any atom is -0.453 e. The fourth-order valence-electron chi connectivity index (χ4n) is 3.71. The van der Waals surface area contributed by atoms with E-state index in [1.165, 1.54) is 7.11 Å². The van der Waals surface area contributed by atoms with Gasteiger partial charge in [0, 0.05) is 44.2 Å². The summed E-state index contributed by atoms with van der Waals surface area (Å²) in [6, 6.07) is 0.640. The minimum atomic E-state index is -0.242. The van der Waals surface area contributed by atoms with Gasteiger partial charge in [0.25, 0.3) is 0 Å². The zero-order valence-corrected chi connectivity index (χ0v) is 16.5. The topological polar surface area (TPSA) is 75.2 Å². The fourth-order valence-corrected chi connectivity index (χ4v) is 3.71. The van der Waals surface area contributed by atoms with Crippen molar-refractivity contribution in [3.63, 3.8) is 0 Å². The average Bonchev–Trinajstić information content (AvgIpc) is 2.61. The number of hydrogen-bond donors (Lipinski definition) is 2. The third-order valence-corrected chi connectivity index (χ3v) is 6.17. The Morgan fingerprint density at radius 2 is 1.84 bits per heavy atom. The molecule has 1 amide bonds. The van der Waals surface area contributed by atoms with Crippen molar-refractivity contribution in [1.29, 1.82) is 0 Å². The van der Waals surface area contributed by atoms with E-state index in [0.29, 0.717) is 25.2 Å². The van der Waals surface area contributed by atoms with Crippen molar-refractivity contribution in [3.05, 3.63) is 0 Å². The summed E-state index contributed by atoms with van der Waals surface area (Å²) in [5, 5.41) is 7.12. The SMILES string of the molecule is CCN=C(NC1CCN(C(=O)OC)CC1)NC1CC(C)(OC)C1(C)C. The molecule has 7 heteroatoms. The van der Waals surface area contributed by atoms with Crippen molar-refractivity contribution in [1.82, 2.24) is 15.5 Å². The van der Waals surface area contributed by atoms with Crippen LogP contribution in [0, 0.1) is 5.41 Å². The standard InChI is InChI=1S/C18H34N4O3/c1-7-19-15(21-14-12-18(4,25-6)17(14,2)3)20-13-8-10-22(11-9-13)16(23)24-5/h13-14H,7-12H2,1-6H3,(H2,19,20,21). The first-order valence-electron chi connectivity index (χ1n) is 9.23. The van der Waals surface area contributed by atoms with E-state index >= 15 is 0 Å². The molecule has 2 aliphatic rings. The van der Waals surface area contributed by atoms with Crippen molar-refractivity contribution in [3.8, 4) is 0 Å². The molecule has 0 aromatic heterocycles. The molecule has 0 spiro atoms. The van der Waals surface area contributed by atoms with E-state index in [-0.39, 0.29) is 17.1 Å². The predicted molar refractivity (Wildman–Crippen MR) is 98.8 cm³/mol. The van der Waals surface area contributed by atoms with Crippen molar-refractivity contribution in [2.45, 2.75) is 64.6 Å². The van der Waals surface area contributed by atoms with Crippen LogP contribution in [0.3, 0.4) is 0 Å². The lowest BCUT2D eigenvalue weighted by molar-refractivity contribution is -0.176. The summed E-state index contributed by atoms with van der Waals surface area (Å²) in [7, 11) is 3.21. The van der Waals surface area contributed by atoms with Gasteiger partial charge in [0.15, 0.2) is 5.96 Å². The van der Waals surface area contributed by atoms with Crippen LogP contribution in [0.4, 0.5) is 4.79 Å². The summed E-state index contributed by atoms with van der Waals surface area (Å²) < 4.78 is 10.5. The van der Waals surface area contributed by atoms with E-state index < -0.39 is 0 Å². The van der Waals surface area contributed by atoms with Gasteiger partial charge in [0.1, 0.15) is 0 Å². The quantitative estimate of drug-likeness (QED) is 0.596. The monoisotopic (exact) mass is 354 g/mol. The molecule has 144 valence electrons. The number of piperidine rings is 1. The molecule has 0 aromatic rings. The molecule has 2 N–H and O–H groups in total. The Bertz CT molecular complexity index is 501. The van der Waals surface area contributed by atoms with Crippen LogP contribution in [-0.2, 0) is 9.47 Å². The van der Waals surface area contributed by atoms with Crippen LogP contribution in [0.15, 0.2) is 4.99 Å². The molecule has 0 aromatic carbocycles. The van der Waals surface area contributed by atoms with Gasteiger partial charge in [-0.3, -0.25) is 4.99 Å². The average molecular weight is 354 g/mol. The van der Waals surface area contributed by atoms with Crippen LogP contribution >= 0.6 is 0 Å². The Hall–Kier alpha value is -1.50. The summed E-state index contributed by atoms with van der Waals surface area (Å²) in [5.41, 5.74) is -0.0694. The second-order valence-electron chi connectivity index (χ2n) is 7.76. The molecule has 0 radical (unpaired) electrons. The van der Waals surface area contributed by atoms with Crippen LogP contribution in [0.5, 0.6) is 0 Å². The van der Waals surface area contributed by atoms with Gasteiger partial charge in [0.05, 0.1) is 12.7 Å². The molecule has 1 heterocycles. The highest BCUT2D eigenvalue weighted by atomic mass is 16.5. The zero-order valence-electron chi connectivity index (χ0n) is 16.5. The number of rotatable bonds is 4. The number of carbonyl (C=O) groups excluding carboxylic acids is 1. The number of carbonyl (C=O) groups is 1. The lowest BCUT2D eigenvalue weighted by atomic mass is 9.56. The third-order valence-electron chi connectivity index (χ3n) is 6.17. The first-order valence-corrected chi connectivity index (χ1v) is 9.23. The van der Waals surface area contributed by atoms with Crippen LogP contribution in [0.25, 0.3) is 0 Å². The number of guanidine groups is 1. The van der Waals surface area contributed by atoms with Gasteiger partial charge in [-0.05, 0) is 33.1 Å². The maximum absolute atomic E-state index is 11.6. The van der Waals surface area contributed by atoms with E-state index in [1.807, 2.05) is 6.92 Å². The largest absolute Gasteiger partial charge is 0.453 e. The van der Waals surface area contributed by atoms with Crippen LogP contribution in [-0.4, -0.2) is 68.5 Å². The number of likely N-dealkylation sites (tertiary alicyclic amines) is 1. The molecule has 1 aliphatic carbocycles. The maximum atomic E-state index is 11.6. The lowest BCUT2D eigenvalue weighted by Gasteiger charge is -2.59. The number of hydrogen-bond acceptors (Lipinski definition) is 4. The van der Waals surface area contributed by atoms with Crippen LogP contribution < -0.4 is 10.6 Å². The highest BCUT2D eigenvalue weighted by Gasteiger charge is 2.58. The van der Waals surface area contributed by atoms with Crippen molar-refractivity contribution < 1.29 is 14.3 Å². The van der Waals surface area contributed by atoms with Gasteiger partial charge in [-0.25, -0.2) is 4.79 Å². The van der Waals surface area contributed by atoms with Gasteiger partial charge in [-0.2, -0.15) is 0 Å². The molecule has 7 nitrogen and oxygen atoms in total. The van der Waals surface area contributed by atoms with E-state index in [0.717, 1.165) is 31.8 Å². The number of aliphatic imine (C=N–C) groups is 1. The summed E-state index contributed by atoms with van der Waals surface area (Å²) in [6.07, 6.45) is 2.50. The van der Waals surface area contributed by atoms with Gasteiger partial charge >= 0.3 is 6.09 Å². The number of amides is 1. The van der Waals surface area contributed by atoms with Gasteiger partial charge in [-0.1, -0.05) is 13.8 Å². The molecule has 2 rings (SSSR count). The van der Waals surface area contributed by atoms with Crippen molar-refractivity contribution in [2.75, 3.05) is 33.9 Å². The Balaban J connectivity index is 1.89. The van der Waals surface area contributed by atoms with E-state index in [9.17, 15) is 4.79 Å². The van der Waals surface area contributed by atoms with Gasteiger partial charge < -0.3 is 25.0 Å². The van der Waals surface area contributed by atoms with E-state index in [4.69, 9.17) is 9.47 Å². The Morgan fingerprint density at radius 3 is 2.32 bits per heavy atom. The third kappa shape index (κ3) is 4.02. The lowest BCUT2D eigenvalue weighted by Crippen LogP contribution is -2.70. The number of ether oxygens (including phenoxy) is 2. The summed E-state index contributed by atoms with van der Waals surface area (Å²) in [6.45, 7) is 10.8. The highest BCUT2D eigenvalue weighted by Crippen LogP contribution is 2.51. The van der Waals surface area contributed by atoms with E-state index in [1.54, 1.807) is 12.0 Å². The second-order valence-corrected chi connectivity index (χ2v) is 7.76. The molecular weight excluding hydrogens is 320 g/mol. The number of methoxy groups -OCH3 is 2. The fraction of sp³-hybridized carbons (Fsp3) is 0.889. The smallest absolute Gasteiger partial charge is 0.409 e. The first kappa shape index (κ1) is 19.8. The van der Waals surface area contributed by atoms with Crippen molar-refractivity contribution in [2.24, 2.45) is 10.4 Å². The number of nitrogens with zero attached hydrogens (tertiary/aromatic N) is 2. The van der Waals surface area contributed by atoms with Crippen LogP contribution in [0.2, 0.25) is 0 Å². The second kappa shape index (κ2) is 7.81. The molecular formula is C18H34N4O3. The molecule has 25 heavy (non-hydrogen) atoms. The Kier molecular flexibility index (Phi) is 6.19. The molecule has 0 bridgehead atoms. The Morgan fingerprint density at radius 1 is 1.20 bits per heavy atom. The first-order chi connectivity index (χ1) is 11.8. The molecule has 1 saturated heterocycles. The molecule has 1 aliphatic heterocycles. The number of nitrogens with one attached hydrogen (secondary N) is 2. The molecule has 2 unspecified atom stereocenters. The summed E-state index contributed by atoms with van der Waals surface area (Å²) >= 11 is 0. The van der Waals surface area contributed by atoms with Gasteiger partial charge in [0.2, 0.25) is 0 Å². The summed E-state index contributed by atoms with van der Waals surface area (Å²) in [4.78, 5) is 17.9. The van der Waals surface area contributed by atoms with E-state index in [2.05, 4.69) is 36.4 Å². The highest BCUT2D eigenvalue weighted by molar-refractivity contribution is 5.80. The predicted octanol–water partition coefficient (Wildman–Crippen LogP) is 1.98. The Labute approximate surface area is 151 Å². The zero-order chi connectivity index (χ0) is 18.7. The molecule has 2 atom stereocenters. The molecule has 2 fully saturated rings. The van der Waals surface area contributed by atoms with Crippen molar-refractivity contribution >= 4 is 12.1 Å². The summed E-state index contributed by atoms with van der Waals surface area (Å²) in [5.74, 6) is 0.857. The normalized spacial score (nSPS) is 29.8. The van der Waals surface area contributed by atoms with Gasteiger partial charge in [-0.15, -0.1) is 0 Å². The maximum Gasteiger partial charge on any atom is 0.409 e. The minimum absolute atomic E-state index is 0.0339. The van der Waals surface area contributed by atoms with Crippen LogP contribution in [0.1, 0.15) is 47.0 Å².